The number of aliphatic hydroxyl groups excluding tert-OH is 1. The number of hydrogen-bond acceptors (Lipinski definition) is 5. The van der Waals surface area contributed by atoms with Gasteiger partial charge in [-0.1, -0.05) is 12.1 Å². The van der Waals surface area contributed by atoms with E-state index in [4.69, 9.17) is 0 Å². The van der Waals surface area contributed by atoms with Gasteiger partial charge in [-0.3, -0.25) is 4.72 Å². The summed E-state index contributed by atoms with van der Waals surface area (Å²) < 4.78 is 24.7. The standard InChI is InChI=1S/C15H23N3O3S/c1-12(2)18-9-8-17(11-18)10-15(19)13-4-6-14(7-5-13)16-22(3,20)21/h4-9,12,15-16,19H,10-11H2,1-3H3. The van der Waals surface area contributed by atoms with Gasteiger partial charge in [0.1, 0.15) is 0 Å². The molecule has 7 heteroatoms. The van der Waals surface area contributed by atoms with Crippen LogP contribution in [0.2, 0.25) is 0 Å². The second-order valence-electron chi connectivity index (χ2n) is 5.83. The zero-order valence-corrected chi connectivity index (χ0v) is 13.9. The van der Waals surface area contributed by atoms with Crippen molar-refractivity contribution in [2.75, 3.05) is 24.2 Å². The molecule has 0 fully saturated rings. The Hall–Kier alpha value is -1.73. The monoisotopic (exact) mass is 325 g/mol. The molecule has 122 valence electrons. The summed E-state index contributed by atoms with van der Waals surface area (Å²) in [6, 6.07) is 7.20. The van der Waals surface area contributed by atoms with Crippen molar-refractivity contribution in [1.82, 2.24) is 9.80 Å². The zero-order valence-electron chi connectivity index (χ0n) is 13.1. The molecule has 1 aliphatic heterocycles. The molecule has 1 atom stereocenters. The van der Waals surface area contributed by atoms with Gasteiger partial charge in [0.05, 0.1) is 19.0 Å². The van der Waals surface area contributed by atoms with Crippen LogP contribution < -0.4 is 4.72 Å². The molecular weight excluding hydrogens is 302 g/mol. The van der Waals surface area contributed by atoms with E-state index in [-0.39, 0.29) is 0 Å². The average molecular weight is 325 g/mol. The topological polar surface area (TPSA) is 72.9 Å². The predicted molar refractivity (Wildman–Crippen MR) is 87.6 cm³/mol. The van der Waals surface area contributed by atoms with Crippen molar-refractivity contribution in [3.8, 4) is 0 Å². The summed E-state index contributed by atoms with van der Waals surface area (Å²) in [7, 11) is -3.28. The molecule has 0 bridgehead atoms. The highest BCUT2D eigenvalue weighted by molar-refractivity contribution is 7.92. The number of rotatable bonds is 6. The van der Waals surface area contributed by atoms with E-state index in [0.717, 1.165) is 18.5 Å². The van der Waals surface area contributed by atoms with E-state index in [1.165, 1.54) is 0 Å². The molecular formula is C15H23N3O3S. The van der Waals surface area contributed by atoms with Crippen LogP contribution in [0, 0.1) is 0 Å². The fourth-order valence-corrected chi connectivity index (χ4v) is 2.82. The van der Waals surface area contributed by atoms with Gasteiger partial charge in [-0.2, -0.15) is 0 Å². The minimum atomic E-state index is -3.28. The van der Waals surface area contributed by atoms with Crippen LogP contribution in [0.4, 0.5) is 5.69 Å². The zero-order chi connectivity index (χ0) is 16.3. The van der Waals surface area contributed by atoms with Gasteiger partial charge >= 0.3 is 0 Å². The maximum atomic E-state index is 11.2. The van der Waals surface area contributed by atoms with Crippen molar-refractivity contribution < 1.29 is 13.5 Å². The fourth-order valence-electron chi connectivity index (χ4n) is 2.25. The van der Waals surface area contributed by atoms with Gasteiger partial charge in [0.25, 0.3) is 0 Å². The number of nitrogens with one attached hydrogen (secondary N) is 1. The van der Waals surface area contributed by atoms with Crippen molar-refractivity contribution in [3.63, 3.8) is 0 Å². The fraction of sp³-hybridized carbons (Fsp3) is 0.467. The Morgan fingerprint density at radius 1 is 1.23 bits per heavy atom. The van der Waals surface area contributed by atoms with Crippen molar-refractivity contribution in [3.05, 3.63) is 42.2 Å². The molecule has 0 spiro atoms. The number of aliphatic hydroxyl groups is 1. The average Bonchev–Trinajstić information content (AvgIpc) is 2.86. The Morgan fingerprint density at radius 2 is 1.86 bits per heavy atom. The van der Waals surface area contributed by atoms with Crippen LogP contribution in [0.5, 0.6) is 0 Å². The van der Waals surface area contributed by atoms with Gasteiger partial charge in [-0.15, -0.1) is 0 Å². The summed E-state index contributed by atoms with van der Waals surface area (Å²) in [6.45, 7) is 5.51. The molecule has 1 aromatic rings. The SMILES string of the molecule is CC(C)N1C=CN(CC(O)c2ccc(NS(C)(=O)=O)cc2)C1. The third-order valence-corrected chi connectivity index (χ3v) is 4.09. The highest BCUT2D eigenvalue weighted by atomic mass is 32.2. The lowest BCUT2D eigenvalue weighted by Crippen LogP contribution is -2.32. The molecule has 0 aromatic heterocycles. The Kier molecular flexibility index (Phi) is 4.97. The molecule has 6 nitrogen and oxygen atoms in total. The minimum Gasteiger partial charge on any atom is -0.387 e. The summed E-state index contributed by atoms with van der Waals surface area (Å²) >= 11 is 0. The van der Waals surface area contributed by atoms with Gasteiger partial charge in [-0.25, -0.2) is 8.42 Å². The number of β-amino-alcohol motifs (C(OH)–C–C–N with tert-alkyl or cyclic N) is 1. The third-order valence-electron chi connectivity index (χ3n) is 3.48. The smallest absolute Gasteiger partial charge is 0.229 e. The van der Waals surface area contributed by atoms with Crippen molar-refractivity contribution in [1.29, 1.82) is 0 Å². The predicted octanol–water partition coefficient (Wildman–Crippen LogP) is 1.55. The molecule has 2 N–H and O–H groups in total. The summed E-state index contributed by atoms with van der Waals surface area (Å²) in [4.78, 5) is 4.24. The van der Waals surface area contributed by atoms with Crippen LogP contribution in [0.25, 0.3) is 0 Å². The van der Waals surface area contributed by atoms with Gasteiger partial charge < -0.3 is 14.9 Å². The lowest BCUT2D eigenvalue weighted by molar-refractivity contribution is 0.119. The summed E-state index contributed by atoms with van der Waals surface area (Å²) in [5.41, 5.74) is 1.25. The second kappa shape index (κ2) is 6.58. The van der Waals surface area contributed by atoms with Gasteiger partial charge in [-0.05, 0) is 31.5 Å². The van der Waals surface area contributed by atoms with E-state index in [1.807, 2.05) is 17.3 Å². The maximum absolute atomic E-state index is 11.2. The Balaban J connectivity index is 1.93. The van der Waals surface area contributed by atoms with Crippen LogP contribution in [0.3, 0.4) is 0 Å². The first-order chi connectivity index (χ1) is 10.2. The largest absolute Gasteiger partial charge is 0.387 e. The molecule has 0 aliphatic carbocycles. The first-order valence-electron chi connectivity index (χ1n) is 7.18. The minimum absolute atomic E-state index is 0.430. The molecule has 1 heterocycles. The number of sulfonamides is 1. The van der Waals surface area contributed by atoms with Gasteiger partial charge in [0.2, 0.25) is 10.0 Å². The number of hydrogen-bond donors (Lipinski definition) is 2. The van der Waals surface area contributed by atoms with E-state index in [1.54, 1.807) is 24.3 Å². The van der Waals surface area contributed by atoms with E-state index in [9.17, 15) is 13.5 Å². The maximum Gasteiger partial charge on any atom is 0.229 e. The number of anilines is 1. The Bertz CT molecular complexity index is 626. The number of nitrogens with zero attached hydrogens (tertiary/aromatic N) is 2. The van der Waals surface area contributed by atoms with E-state index in [2.05, 4.69) is 23.5 Å². The van der Waals surface area contributed by atoms with Crippen LogP contribution in [0.15, 0.2) is 36.7 Å². The van der Waals surface area contributed by atoms with Crippen molar-refractivity contribution in [2.24, 2.45) is 0 Å². The van der Waals surface area contributed by atoms with Crippen molar-refractivity contribution in [2.45, 2.75) is 26.0 Å². The van der Waals surface area contributed by atoms with Gasteiger partial charge in [0.15, 0.2) is 0 Å². The molecule has 0 radical (unpaired) electrons. The number of benzene rings is 1. The first kappa shape index (κ1) is 16.6. The molecule has 1 unspecified atom stereocenters. The van der Waals surface area contributed by atoms with E-state index >= 15 is 0 Å². The van der Waals surface area contributed by atoms with Crippen LogP contribution in [-0.2, 0) is 10.0 Å². The lowest BCUT2D eigenvalue weighted by Gasteiger charge is -2.26. The summed E-state index contributed by atoms with van der Waals surface area (Å²) in [5, 5.41) is 10.3. The Labute approximate surface area is 132 Å². The molecule has 22 heavy (non-hydrogen) atoms. The first-order valence-corrected chi connectivity index (χ1v) is 9.07. The van der Waals surface area contributed by atoms with Crippen molar-refractivity contribution >= 4 is 15.7 Å². The Morgan fingerprint density at radius 3 is 2.36 bits per heavy atom. The quantitative estimate of drug-likeness (QED) is 0.830. The summed E-state index contributed by atoms with van der Waals surface area (Å²) in [5.74, 6) is 0. The van der Waals surface area contributed by atoms with Crippen LogP contribution in [-0.4, -0.2) is 48.8 Å². The van der Waals surface area contributed by atoms with E-state index in [0.29, 0.717) is 18.3 Å². The molecule has 1 aliphatic rings. The summed E-state index contributed by atoms with van der Waals surface area (Å²) in [6.07, 6.45) is 4.49. The molecule has 1 aromatic carbocycles. The van der Waals surface area contributed by atoms with E-state index < -0.39 is 16.1 Å². The normalized spacial score (nSPS) is 16.4. The van der Waals surface area contributed by atoms with Crippen LogP contribution >= 0.6 is 0 Å². The second-order valence-corrected chi connectivity index (χ2v) is 7.58. The third kappa shape index (κ3) is 4.64. The highest BCUT2D eigenvalue weighted by Gasteiger charge is 2.18. The molecule has 0 saturated carbocycles. The molecule has 0 amide bonds. The lowest BCUT2D eigenvalue weighted by atomic mass is 10.1. The van der Waals surface area contributed by atoms with Crippen LogP contribution in [0.1, 0.15) is 25.5 Å². The molecule has 2 rings (SSSR count). The van der Waals surface area contributed by atoms with Gasteiger partial charge in [0, 0.05) is 30.7 Å². The molecule has 0 saturated heterocycles. The highest BCUT2D eigenvalue weighted by Crippen LogP contribution is 2.20.